The molecule has 0 bridgehead atoms. The van der Waals surface area contributed by atoms with Crippen molar-refractivity contribution < 1.29 is 14.7 Å². The second-order valence-corrected chi connectivity index (χ2v) is 1.74. The summed E-state index contributed by atoms with van der Waals surface area (Å²) in [6.07, 6.45) is 2.09. The lowest BCUT2D eigenvalue weighted by molar-refractivity contribution is -0.132. The van der Waals surface area contributed by atoms with E-state index in [0.29, 0.717) is 0 Å². The summed E-state index contributed by atoms with van der Waals surface area (Å²) < 4.78 is 0. The average Bonchev–Trinajstić information content (AvgIpc) is 1.87. The fraction of sp³-hybridized carbons (Fsp3) is 0.143. The third-order valence-electron chi connectivity index (χ3n) is 0.897. The van der Waals surface area contributed by atoms with Crippen LogP contribution in [-0.4, -0.2) is 16.9 Å². The lowest BCUT2D eigenvalue weighted by atomic mass is 10.2. The van der Waals surface area contributed by atoms with E-state index in [2.05, 4.69) is 6.58 Å². The first-order valence-electron chi connectivity index (χ1n) is 2.66. The molecule has 0 aromatic heterocycles. The van der Waals surface area contributed by atoms with Crippen LogP contribution in [0.15, 0.2) is 24.3 Å². The van der Waals surface area contributed by atoms with Gasteiger partial charge in [0.25, 0.3) is 0 Å². The number of carboxylic acid groups (broad SMARTS) is 1. The first kappa shape index (κ1) is 8.62. The summed E-state index contributed by atoms with van der Waals surface area (Å²) in [6.45, 7) is 4.54. The van der Waals surface area contributed by atoms with Crippen molar-refractivity contribution in [3.05, 3.63) is 24.3 Å². The average molecular weight is 140 g/mol. The number of aliphatic carboxylic acids is 1. The van der Waals surface area contributed by atoms with Crippen LogP contribution in [0.25, 0.3) is 0 Å². The van der Waals surface area contributed by atoms with Gasteiger partial charge in [-0.25, -0.2) is 4.79 Å². The van der Waals surface area contributed by atoms with Gasteiger partial charge in [0.2, 0.25) is 0 Å². The quantitative estimate of drug-likeness (QED) is 0.589. The van der Waals surface area contributed by atoms with Gasteiger partial charge >= 0.3 is 5.97 Å². The van der Waals surface area contributed by atoms with Gasteiger partial charge in [-0.05, 0) is 19.1 Å². The van der Waals surface area contributed by atoms with E-state index in [-0.39, 0.29) is 11.4 Å². The van der Waals surface area contributed by atoms with Gasteiger partial charge in [-0.15, -0.1) is 0 Å². The van der Waals surface area contributed by atoms with Crippen molar-refractivity contribution in [2.75, 3.05) is 0 Å². The van der Waals surface area contributed by atoms with Gasteiger partial charge in [0, 0.05) is 5.57 Å². The number of carbonyl (C=O) groups is 2. The van der Waals surface area contributed by atoms with Crippen LogP contribution >= 0.6 is 0 Å². The largest absolute Gasteiger partial charge is 0.478 e. The monoisotopic (exact) mass is 140 g/mol. The summed E-state index contributed by atoms with van der Waals surface area (Å²) in [5.41, 5.74) is 0.0184. The molecule has 3 heteroatoms. The lowest BCUT2D eigenvalue weighted by Gasteiger charge is -1.87. The van der Waals surface area contributed by atoms with Crippen LogP contribution in [0, 0.1) is 0 Å². The summed E-state index contributed by atoms with van der Waals surface area (Å²) in [5, 5.41) is 8.27. The van der Waals surface area contributed by atoms with Crippen LogP contribution in [0.4, 0.5) is 0 Å². The van der Waals surface area contributed by atoms with E-state index in [9.17, 15) is 9.59 Å². The highest BCUT2D eigenvalue weighted by atomic mass is 16.4. The highest BCUT2D eigenvalue weighted by Crippen LogP contribution is 1.91. The summed E-state index contributed by atoms with van der Waals surface area (Å²) in [4.78, 5) is 20.6. The molecule has 1 N–H and O–H groups in total. The van der Waals surface area contributed by atoms with Crippen molar-refractivity contribution in [3.8, 4) is 0 Å². The van der Waals surface area contributed by atoms with E-state index < -0.39 is 5.97 Å². The van der Waals surface area contributed by atoms with Gasteiger partial charge in [0.15, 0.2) is 5.78 Å². The standard InChI is InChI=1S/C7H8O3/c1-3-6(8)4-5(2)7(9)10/h3-4H,1H2,2H3,(H,9,10). The minimum atomic E-state index is -1.09. The van der Waals surface area contributed by atoms with E-state index >= 15 is 0 Å². The Kier molecular flexibility index (Phi) is 3.11. The number of ketones is 1. The van der Waals surface area contributed by atoms with Crippen LogP contribution in [0.2, 0.25) is 0 Å². The molecule has 0 radical (unpaired) electrons. The number of rotatable bonds is 3. The predicted molar refractivity (Wildman–Crippen MR) is 36.6 cm³/mol. The zero-order chi connectivity index (χ0) is 8.15. The molecule has 0 aliphatic heterocycles. The summed E-state index contributed by atoms with van der Waals surface area (Å²) in [5.74, 6) is -1.48. The second kappa shape index (κ2) is 3.61. The molecule has 0 aromatic carbocycles. The molecule has 54 valence electrons. The van der Waals surface area contributed by atoms with Gasteiger partial charge in [-0.2, -0.15) is 0 Å². The molecule has 10 heavy (non-hydrogen) atoms. The van der Waals surface area contributed by atoms with Gasteiger partial charge < -0.3 is 5.11 Å². The zero-order valence-electron chi connectivity index (χ0n) is 5.63. The number of hydrogen-bond acceptors (Lipinski definition) is 2. The Morgan fingerprint density at radius 1 is 1.50 bits per heavy atom. The number of hydrogen-bond donors (Lipinski definition) is 1. The van der Waals surface area contributed by atoms with Crippen molar-refractivity contribution in [1.29, 1.82) is 0 Å². The third-order valence-corrected chi connectivity index (χ3v) is 0.897. The third kappa shape index (κ3) is 2.81. The molecule has 0 aliphatic carbocycles. The number of carbonyl (C=O) groups excluding carboxylic acids is 1. The minimum absolute atomic E-state index is 0.0184. The van der Waals surface area contributed by atoms with E-state index in [0.717, 1.165) is 12.2 Å². The van der Waals surface area contributed by atoms with Gasteiger partial charge in [-0.3, -0.25) is 4.79 Å². The Morgan fingerprint density at radius 3 is 2.30 bits per heavy atom. The van der Waals surface area contributed by atoms with Gasteiger partial charge in [-0.1, -0.05) is 6.58 Å². The van der Waals surface area contributed by atoms with Crippen molar-refractivity contribution in [3.63, 3.8) is 0 Å². The summed E-state index contributed by atoms with van der Waals surface area (Å²) in [6, 6.07) is 0. The van der Waals surface area contributed by atoms with Crippen LogP contribution in [0.1, 0.15) is 6.92 Å². The Balaban J connectivity index is 4.30. The smallest absolute Gasteiger partial charge is 0.331 e. The van der Waals surface area contributed by atoms with Crippen LogP contribution in [0.3, 0.4) is 0 Å². The first-order valence-corrected chi connectivity index (χ1v) is 2.66. The normalized spacial score (nSPS) is 10.7. The molecule has 0 saturated heterocycles. The molecular weight excluding hydrogens is 132 g/mol. The maximum Gasteiger partial charge on any atom is 0.331 e. The molecular formula is C7H8O3. The Bertz CT molecular complexity index is 201. The predicted octanol–water partition coefficient (Wildman–Crippen LogP) is 0.772. The molecule has 0 aromatic rings. The Hall–Kier alpha value is -1.38. The lowest BCUT2D eigenvalue weighted by Crippen LogP contribution is -1.98. The van der Waals surface area contributed by atoms with Gasteiger partial charge in [0.05, 0.1) is 0 Å². The van der Waals surface area contributed by atoms with Crippen molar-refractivity contribution in [2.45, 2.75) is 6.92 Å². The Labute approximate surface area is 58.7 Å². The highest BCUT2D eigenvalue weighted by molar-refractivity contribution is 6.03. The molecule has 0 saturated carbocycles. The van der Waals surface area contributed by atoms with E-state index in [1.54, 1.807) is 0 Å². The number of carboxylic acids is 1. The maximum absolute atomic E-state index is 10.5. The minimum Gasteiger partial charge on any atom is -0.478 e. The SMILES string of the molecule is C=CC(=O)C=C(C)C(=O)O. The summed E-state index contributed by atoms with van der Waals surface area (Å²) >= 11 is 0. The first-order chi connectivity index (χ1) is 4.57. The van der Waals surface area contributed by atoms with Crippen LogP contribution < -0.4 is 0 Å². The van der Waals surface area contributed by atoms with E-state index in [4.69, 9.17) is 5.11 Å². The Morgan fingerprint density at radius 2 is 2.00 bits per heavy atom. The van der Waals surface area contributed by atoms with Crippen molar-refractivity contribution in [2.24, 2.45) is 0 Å². The van der Waals surface area contributed by atoms with Gasteiger partial charge in [0.1, 0.15) is 0 Å². The van der Waals surface area contributed by atoms with Crippen molar-refractivity contribution in [1.82, 2.24) is 0 Å². The number of allylic oxidation sites excluding steroid dienone is 2. The zero-order valence-corrected chi connectivity index (χ0v) is 5.63. The molecule has 0 unspecified atom stereocenters. The molecule has 0 aliphatic rings. The van der Waals surface area contributed by atoms with Crippen LogP contribution in [-0.2, 0) is 9.59 Å². The fourth-order valence-electron chi connectivity index (χ4n) is 0.334. The fourth-order valence-corrected chi connectivity index (χ4v) is 0.334. The molecule has 0 heterocycles. The maximum atomic E-state index is 10.5. The van der Waals surface area contributed by atoms with Crippen LogP contribution in [0.5, 0.6) is 0 Å². The van der Waals surface area contributed by atoms with E-state index in [1.807, 2.05) is 0 Å². The molecule has 0 rings (SSSR count). The topological polar surface area (TPSA) is 54.4 Å². The molecule has 0 amide bonds. The molecule has 0 atom stereocenters. The highest BCUT2D eigenvalue weighted by Gasteiger charge is 2.00. The summed E-state index contributed by atoms with van der Waals surface area (Å²) in [7, 11) is 0. The molecule has 0 spiro atoms. The molecule has 3 nitrogen and oxygen atoms in total. The second-order valence-electron chi connectivity index (χ2n) is 1.74. The molecule has 0 fully saturated rings. The van der Waals surface area contributed by atoms with Crippen molar-refractivity contribution >= 4 is 11.8 Å². The van der Waals surface area contributed by atoms with E-state index in [1.165, 1.54) is 6.92 Å².